The molecule has 5 heteroatoms. The number of halogens is 1. The normalized spacial score (nSPS) is 11.2. The Hall–Kier alpha value is -1.33. The quantitative estimate of drug-likeness (QED) is 0.639. The maximum absolute atomic E-state index is 12.0. The van der Waals surface area contributed by atoms with Crippen LogP contribution in [0.2, 0.25) is 0 Å². The van der Waals surface area contributed by atoms with Gasteiger partial charge in [-0.25, -0.2) is 0 Å². The molecule has 0 aliphatic carbocycles. The lowest BCUT2D eigenvalue weighted by molar-refractivity contribution is 0.486. The molecule has 94 valence electrons. The Balaban J connectivity index is 2.25. The molecule has 18 heavy (non-hydrogen) atoms. The smallest absolute Gasteiger partial charge is 0.339 e. The SMILES string of the molecule is O=S(=O)(Oc1ccccc1)c1ccc(CBr)cc1. The molecular weight excluding hydrogens is 316 g/mol. The molecule has 0 saturated carbocycles. The van der Waals surface area contributed by atoms with Gasteiger partial charge in [-0.05, 0) is 29.8 Å². The van der Waals surface area contributed by atoms with Gasteiger partial charge < -0.3 is 4.18 Å². The molecule has 0 bridgehead atoms. The minimum atomic E-state index is -3.75. The van der Waals surface area contributed by atoms with E-state index in [0.717, 1.165) is 5.56 Å². The number of rotatable bonds is 4. The van der Waals surface area contributed by atoms with Crippen molar-refractivity contribution in [3.8, 4) is 5.75 Å². The van der Waals surface area contributed by atoms with E-state index >= 15 is 0 Å². The minimum Gasteiger partial charge on any atom is -0.379 e. The molecule has 0 N–H and O–H groups in total. The van der Waals surface area contributed by atoms with Crippen molar-refractivity contribution in [1.82, 2.24) is 0 Å². The second-order valence-electron chi connectivity index (χ2n) is 3.63. The van der Waals surface area contributed by atoms with Crippen LogP contribution in [0.3, 0.4) is 0 Å². The summed E-state index contributed by atoms with van der Waals surface area (Å²) in [5, 5.41) is 0.687. The topological polar surface area (TPSA) is 43.4 Å². The summed E-state index contributed by atoms with van der Waals surface area (Å²) in [5.41, 5.74) is 1.01. The predicted octanol–water partition coefficient (Wildman–Crippen LogP) is 3.35. The zero-order chi connectivity index (χ0) is 13.0. The van der Waals surface area contributed by atoms with Crippen molar-refractivity contribution in [1.29, 1.82) is 0 Å². The third-order valence-corrected chi connectivity index (χ3v) is 4.22. The lowest BCUT2D eigenvalue weighted by atomic mass is 10.2. The van der Waals surface area contributed by atoms with Crippen LogP contribution in [0.15, 0.2) is 59.5 Å². The number of hydrogen-bond acceptors (Lipinski definition) is 3. The highest BCUT2D eigenvalue weighted by Crippen LogP contribution is 2.19. The second kappa shape index (κ2) is 5.54. The monoisotopic (exact) mass is 326 g/mol. The Morgan fingerprint density at radius 3 is 2.11 bits per heavy atom. The average Bonchev–Trinajstić information content (AvgIpc) is 2.39. The fraction of sp³-hybridized carbons (Fsp3) is 0.0769. The standard InChI is InChI=1S/C13H11BrO3S/c14-10-11-6-8-13(9-7-11)18(15,16)17-12-4-2-1-3-5-12/h1-9H,10H2. The van der Waals surface area contributed by atoms with Gasteiger partial charge in [0.2, 0.25) is 0 Å². The maximum atomic E-state index is 12.0. The highest BCUT2D eigenvalue weighted by atomic mass is 79.9. The van der Waals surface area contributed by atoms with Crippen LogP contribution in [-0.4, -0.2) is 8.42 Å². The van der Waals surface area contributed by atoms with E-state index in [-0.39, 0.29) is 4.90 Å². The van der Waals surface area contributed by atoms with Crippen LogP contribution in [0.4, 0.5) is 0 Å². The van der Waals surface area contributed by atoms with Gasteiger partial charge in [0.1, 0.15) is 10.6 Å². The Kier molecular flexibility index (Phi) is 4.04. The van der Waals surface area contributed by atoms with Crippen molar-refractivity contribution in [3.05, 3.63) is 60.2 Å². The molecule has 0 radical (unpaired) electrons. The zero-order valence-electron chi connectivity index (χ0n) is 9.41. The van der Waals surface area contributed by atoms with E-state index < -0.39 is 10.1 Å². The van der Waals surface area contributed by atoms with Crippen molar-refractivity contribution in [2.75, 3.05) is 0 Å². The molecule has 0 saturated heterocycles. The summed E-state index contributed by atoms with van der Waals surface area (Å²) in [6.07, 6.45) is 0. The molecule has 0 spiro atoms. The van der Waals surface area contributed by atoms with Crippen molar-refractivity contribution in [2.24, 2.45) is 0 Å². The second-order valence-corrected chi connectivity index (χ2v) is 5.74. The summed E-state index contributed by atoms with van der Waals surface area (Å²) in [4.78, 5) is 0.149. The van der Waals surface area contributed by atoms with Gasteiger partial charge in [-0.2, -0.15) is 8.42 Å². The third-order valence-electron chi connectivity index (χ3n) is 2.32. The summed E-state index contributed by atoms with van der Waals surface area (Å²) in [7, 11) is -3.75. The summed E-state index contributed by atoms with van der Waals surface area (Å²) in [6, 6.07) is 15.0. The fourth-order valence-corrected chi connectivity index (χ4v) is 2.70. The molecule has 2 rings (SSSR count). The van der Waals surface area contributed by atoms with Gasteiger partial charge in [-0.1, -0.05) is 46.3 Å². The molecule has 0 fully saturated rings. The van der Waals surface area contributed by atoms with Crippen LogP contribution in [-0.2, 0) is 15.4 Å². The van der Waals surface area contributed by atoms with Gasteiger partial charge in [0.25, 0.3) is 0 Å². The number of benzene rings is 2. The first kappa shape index (κ1) is 13.1. The average molecular weight is 327 g/mol. The van der Waals surface area contributed by atoms with Crippen LogP contribution >= 0.6 is 15.9 Å². The molecule has 0 aromatic heterocycles. The Bertz CT molecular complexity index is 606. The fourth-order valence-electron chi connectivity index (χ4n) is 1.40. The van der Waals surface area contributed by atoms with Crippen LogP contribution in [0, 0.1) is 0 Å². The minimum absolute atomic E-state index is 0.149. The van der Waals surface area contributed by atoms with E-state index in [1.54, 1.807) is 42.5 Å². The van der Waals surface area contributed by atoms with Crippen molar-refractivity contribution >= 4 is 26.0 Å². The lowest BCUT2D eigenvalue weighted by Crippen LogP contribution is -2.09. The van der Waals surface area contributed by atoms with E-state index in [0.29, 0.717) is 11.1 Å². The molecular formula is C13H11BrO3S. The van der Waals surface area contributed by atoms with E-state index in [1.807, 2.05) is 0 Å². The number of alkyl halides is 1. The van der Waals surface area contributed by atoms with Gasteiger partial charge >= 0.3 is 10.1 Å². The van der Waals surface area contributed by atoms with Crippen molar-refractivity contribution < 1.29 is 12.6 Å². The van der Waals surface area contributed by atoms with Gasteiger partial charge in [0, 0.05) is 5.33 Å². The van der Waals surface area contributed by atoms with Crippen molar-refractivity contribution in [2.45, 2.75) is 10.2 Å². The first-order valence-corrected chi connectivity index (χ1v) is 7.79. The molecule has 2 aromatic rings. The third kappa shape index (κ3) is 3.11. The van der Waals surface area contributed by atoms with Gasteiger partial charge in [-0.15, -0.1) is 0 Å². The summed E-state index contributed by atoms with van der Waals surface area (Å²) in [6.45, 7) is 0. The Morgan fingerprint density at radius 2 is 1.56 bits per heavy atom. The molecule has 3 nitrogen and oxygen atoms in total. The molecule has 0 amide bonds. The Morgan fingerprint density at radius 1 is 0.944 bits per heavy atom. The first-order chi connectivity index (χ1) is 8.62. The first-order valence-electron chi connectivity index (χ1n) is 5.26. The predicted molar refractivity (Wildman–Crippen MR) is 73.3 cm³/mol. The lowest BCUT2D eigenvalue weighted by Gasteiger charge is -2.07. The van der Waals surface area contributed by atoms with Crippen molar-refractivity contribution in [3.63, 3.8) is 0 Å². The van der Waals surface area contributed by atoms with E-state index in [2.05, 4.69) is 15.9 Å². The van der Waals surface area contributed by atoms with Gasteiger partial charge in [0.15, 0.2) is 0 Å². The Labute approximate surface area is 115 Å². The maximum Gasteiger partial charge on any atom is 0.339 e. The molecule has 0 aliphatic rings. The van der Waals surface area contributed by atoms with Crippen LogP contribution in [0.25, 0.3) is 0 Å². The summed E-state index contributed by atoms with van der Waals surface area (Å²) >= 11 is 3.31. The number of para-hydroxylation sites is 1. The highest BCUT2D eigenvalue weighted by Gasteiger charge is 2.15. The van der Waals surface area contributed by atoms with E-state index in [9.17, 15) is 8.42 Å². The van der Waals surface area contributed by atoms with Gasteiger partial charge in [0.05, 0.1) is 0 Å². The zero-order valence-corrected chi connectivity index (χ0v) is 11.8. The highest BCUT2D eigenvalue weighted by molar-refractivity contribution is 9.08. The van der Waals surface area contributed by atoms with Crippen LogP contribution in [0.1, 0.15) is 5.56 Å². The molecule has 0 atom stereocenters. The largest absolute Gasteiger partial charge is 0.379 e. The molecule has 0 heterocycles. The van der Waals surface area contributed by atoms with Crippen LogP contribution in [0.5, 0.6) is 5.75 Å². The van der Waals surface area contributed by atoms with Gasteiger partial charge in [-0.3, -0.25) is 0 Å². The van der Waals surface area contributed by atoms with E-state index in [4.69, 9.17) is 4.18 Å². The molecule has 0 unspecified atom stereocenters. The molecule has 2 aromatic carbocycles. The van der Waals surface area contributed by atoms with Crippen LogP contribution < -0.4 is 4.18 Å². The number of hydrogen-bond donors (Lipinski definition) is 0. The summed E-state index contributed by atoms with van der Waals surface area (Å²) in [5.74, 6) is 0.307. The van der Waals surface area contributed by atoms with E-state index in [1.165, 1.54) is 12.1 Å². The molecule has 0 aliphatic heterocycles. The summed E-state index contributed by atoms with van der Waals surface area (Å²) < 4.78 is 29.0.